The molecule has 0 saturated heterocycles. The Hall–Kier alpha value is -3.09. The van der Waals surface area contributed by atoms with E-state index in [2.05, 4.69) is 5.16 Å². The zero-order valence-electron chi connectivity index (χ0n) is 12.8. The summed E-state index contributed by atoms with van der Waals surface area (Å²) in [7, 11) is 3.09. The maximum absolute atomic E-state index is 10.7. The molecule has 2 rings (SSSR count). The SMILES string of the molecule is COc1cccc(/C=N/OCc2cccc([N+](=O)[O-])c2)c1OC. The molecule has 0 fully saturated rings. The van der Waals surface area contributed by atoms with Crippen LogP contribution in [0.2, 0.25) is 0 Å². The summed E-state index contributed by atoms with van der Waals surface area (Å²) in [6.45, 7) is 0.129. The minimum absolute atomic E-state index is 0.0181. The largest absolute Gasteiger partial charge is 0.493 e. The molecule has 0 unspecified atom stereocenters. The molecule has 0 aromatic heterocycles. The highest BCUT2D eigenvalue weighted by Gasteiger charge is 2.08. The van der Waals surface area contributed by atoms with Gasteiger partial charge in [-0.05, 0) is 17.7 Å². The van der Waals surface area contributed by atoms with Crippen molar-refractivity contribution in [3.8, 4) is 11.5 Å². The average molecular weight is 316 g/mol. The topological polar surface area (TPSA) is 83.2 Å². The molecule has 23 heavy (non-hydrogen) atoms. The van der Waals surface area contributed by atoms with Crippen molar-refractivity contribution >= 4 is 11.9 Å². The highest BCUT2D eigenvalue weighted by Crippen LogP contribution is 2.29. The molecular formula is C16H16N2O5. The zero-order valence-corrected chi connectivity index (χ0v) is 12.8. The van der Waals surface area contributed by atoms with Crippen molar-refractivity contribution in [3.05, 3.63) is 63.7 Å². The number of para-hydroxylation sites is 1. The summed E-state index contributed by atoms with van der Waals surface area (Å²) in [5.74, 6) is 1.15. The molecule has 7 heteroatoms. The van der Waals surface area contributed by atoms with Crippen molar-refractivity contribution in [2.45, 2.75) is 6.61 Å². The number of methoxy groups -OCH3 is 2. The number of ether oxygens (including phenoxy) is 2. The van der Waals surface area contributed by atoms with Crippen LogP contribution < -0.4 is 9.47 Å². The van der Waals surface area contributed by atoms with E-state index >= 15 is 0 Å². The predicted octanol–water partition coefficient (Wildman–Crippen LogP) is 3.16. The third-order valence-electron chi connectivity index (χ3n) is 3.05. The van der Waals surface area contributed by atoms with Crippen molar-refractivity contribution in [2.75, 3.05) is 14.2 Å². The lowest BCUT2D eigenvalue weighted by Gasteiger charge is -2.09. The van der Waals surface area contributed by atoms with Gasteiger partial charge in [0.25, 0.3) is 5.69 Å². The first kappa shape index (κ1) is 16.3. The second-order valence-corrected chi connectivity index (χ2v) is 4.52. The molecule has 7 nitrogen and oxygen atoms in total. The fraction of sp³-hybridized carbons (Fsp3) is 0.188. The molecule has 0 radical (unpaired) electrons. The second-order valence-electron chi connectivity index (χ2n) is 4.52. The molecule has 0 aliphatic carbocycles. The third kappa shape index (κ3) is 4.19. The van der Waals surface area contributed by atoms with Crippen LogP contribution in [-0.4, -0.2) is 25.4 Å². The first-order chi connectivity index (χ1) is 11.2. The Labute approximate surface area is 133 Å². The normalized spacial score (nSPS) is 10.5. The third-order valence-corrected chi connectivity index (χ3v) is 3.05. The number of nitro benzene ring substituents is 1. The summed E-state index contributed by atoms with van der Waals surface area (Å²) in [6, 6.07) is 11.6. The van der Waals surface area contributed by atoms with Crippen LogP contribution in [-0.2, 0) is 11.4 Å². The van der Waals surface area contributed by atoms with E-state index in [1.54, 1.807) is 32.4 Å². The quantitative estimate of drug-likeness (QED) is 0.445. The Morgan fingerprint density at radius 1 is 1.17 bits per heavy atom. The monoisotopic (exact) mass is 316 g/mol. The van der Waals surface area contributed by atoms with Crippen LogP contribution in [0.25, 0.3) is 0 Å². The van der Waals surface area contributed by atoms with Gasteiger partial charge in [-0.25, -0.2) is 0 Å². The zero-order chi connectivity index (χ0) is 16.7. The van der Waals surface area contributed by atoms with E-state index in [9.17, 15) is 10.1 Å². The molecule has 0 heterocycles. The average Bonchev–Trinajstić information content (AvgIpc) is 2.58. The first-order valence-corrected chi connectivity index (χ1v) is 6.75. The molecule has 120 valence electrons. The Morgan fingerprint density at radius 3 is 2.65 bits per heavy atom. The van der Waals surface area contributed by atoms with Crippen LogP contribution in [0.3, 0.4) is 0 Å². The van der Waals surface area contributed by atoms with Crippen LogP contribution in [0, 0.1) is 10.1 Å². The van der Waals surface area contributed by atoms with Crippen LogP contribution in [0.5, 0.6) is 11.5 Å². The van der Waals surface area contributed by atoms with E-state index < -0.39 is 4.92 Å². The Balaban J connectivity index is 2.03. The number of hydrogen-bond donors (Lipinski definition) is 0. The van der Waals surface area contributed by atoms with Crippen molar-refractivity contribution in [2.24, 2.45) is 5.16 Å². The number of nitrogens with zero attached hydrogens (tertiary/aromatic N) is 2. The van der Waals surface area contributed by atoms with Crippen LogP contribution in [0.1, 0.15) is 11.1 Å². The molecular weight excluding hydrogens is 300 g/mol. The molecule has 0 N–H and O–H groups in total. The molecule has 0 amide bonds. The molecule has 0 aliphatic rings. The molecule has 2 aromatic carbocycles. The predicted molar refractivity (Wildman–Crippen MR) is 85.0 cm³/mol. The molecule has 0 aliphatic heterocycles. The molecule has 2 aromatic rings. The van der Waals surface area contributed by atoms with Gasteiger partial charge in [-0.2, -0.15) is 0 Å². The number of oxime groups is 1. The number of hydrogen-bond acceptors (Lipinski definition) is 6. The van der Waals surface area contributed by atoms with Gasteiger partial charge in [-0.1, -0.05) is 23.4 Å². The lowest BCUT2D eigenvalue weighted by Crippen LogP contribution is -1.96. The van der Waals surface area contributed by atoms with Crippen LogP contribution in [0.15, 0.2) is 47.6 Å². The van der Waals surface area contributed by atoms with Crippen molar-refractivity contribution < 1.29 is 19.2 Å². The maximum atomic E-state index is 10.7. The summed E-state index contributed by atoms with van der Waals surface area (Å²) in [5.41, 5.74) is 1.38. The summed E-state index contributed by atoms with van der Waals surface area (Å²) in [4.78, 5) is 15.4. The number of rotatable bonds is 7. The van der Waals surface area contributed by atoms with Gasteiger partial charge in [0.1, 0.15) is 6.61 Å². The standard InChI is InChI=1S/C16H16N2O5/c1-21-15-8-4-6-13(16(15)22-2)10-17-23-11-12-5-3-7-14(9-12)18(19)20/h3-10H,11H2,1-2H3/b17-10+. The highest BCUT2D eigenvalue weighted by atomic mass is 16.6. The lowest BCUT2D eigenvalue weighted by atomic mass is 10.2. The van der Waals surface area contributed by atoms with Gasteiger partial charge in [0.2, 0.25) is 0 Å². The second kappa shape index (κ2) is 7.79. The Kier molecular flexibility index (Phi) is 5.51. The van der Waals surface area contributed by atoms with Gasteiger partial charge in [0.05, 0.1) is 25.4 Å². The van der Waals surface area contributed by atoms with E-state index in [0.717, 1.165) is 0 Å². The smallest absolute Gasteiger partial charge is 0.269 e. The van der Waals surface area contributed by atoms with Gasteiger partial charge in [0.15, 0.2) is 11.5 Å². The van der Waals surface area contributed by atoms with Gasteiger partial charge < -0.3 is 14.3 Å². The Morgan fingerprint density at radius 2 is 1.96 bits per heavy atom. The van der Waals surface area contributed by atoms with Gasteiger partial charge in [0, 0.05) is 17.7 Å². The van der Waals surface area contributed by atoms with Gasteiger partial charge in [-0.3, -0.25) is 10.1 Å². The van der Waals surface area contributed by atoms with Gasteiger partial charge in [-0.15, -0.1) is 0 Å². The molecule has 0 saturated carbocycles. The Bertz CT molecular complexity index is 715. The van der Waals surface area contributed by atoms with E-state index in [-0.39, 0.29) is 12.3 Å². The molecule has 0 atom stereocenters. The van der Waals surface area contributed by atoms with Crippen LogP contribution in [0.4, 0.5) is 5.69 Å². The van der Waals surface area contributed by atoms with Crippen molar-refractivity contribution in [1.29, 1.82) is 0 Å². The van der Waals surface area contributed by atoms with Gasteiger partial charge >= 0.3 is 0 Å². The summed E-state index contributed by atoms with van der Waals surface area (Å²) in [5, 5.41) is 14.6. The number of non-ortho nitro benzene ring substituents is 1. The molecule has 0 bridgehead atoms. The fourth-order valence-electron chi connectivity index (χ4n) is 1.98. The lowest BCUT2D eigenvalue weighted by molar-refractivity contribution is -0.384. The number of benzene rings is 2. The van der Waals surface area contributed by atoms with Crippen LogP contribution >= 0.6 is 0 Å². The minimum atomic E-state index is -0.451. The highest BCUT2D eigenvalue weighted by molar-refractivity contribution is 5.84. The first-order valence-electron chi connectivity index (χ1n) is 6.75. The molecule has 0 spiro atoms. The number of nitro groups is 1. The maximum Gasteiger partial charge on any atom is 0.269 e. The van der Waals surface area contributed by atoms with E-state index in [0.29, 0.717) is 22.6 Å². The summed E-state index contributed by atoms with van der Waals surface area (Å²) < 4.78 is 10.5. The van der Waals surface area contributed by atoms with E-state index in [1.165, 1.54) is 18.3 Å². The minimum Gasteiger partial charge on any atom is -0.493 e. The van der Waals surface area contributed by atoms with Crippen molar-refractivity contribution in [1.82, 2.24) is 0 Å². The summed E-state index contributed by atoms with van der Waals surface area (Å²) >= 11 is 0. The fourth-order valence-corrected chi connectivity index (χ4v) is 1.98. The van der Waals surface area contributed by atoms with E-state index in [1.807, 2.05) is 12.1 Å². The van der Waals surface area contributed by atoms with Crippen molar-refractivity contribution in [3.63, 3.8) is 0 Å². The van der Waals surface area contributed by atoms with E-state index in [4.69, 9.17) is 14.3 Å². The summed E-state index contributed by atoms with van der Waals surface area (Å²) in [6.07, 6.45) is 1.50.